The van der Waals surface area contributed by atoms with E-state index in [-0.39, 0.29) is 0 Å². The lowest BCUT2D eigenvalue weighted by atomic mass is 9.96. The maximum atomic E-state index is 12.8. The highest BCUT2D eigenvalue weighted by atomic mass is 16.5. The maximum Gasteiger partial charge on any atom is 0.339 e. The lowest BCUT2D eigenvalue weighted by molar-refractivity contribution is -0.129. The number of nitrogens with one attached hydrogen (secondary N) is 1. The topological polar surface area (TPSA) is 88.4 Å². The highest BCUT2D eigenvalue weighted by Gasteiger charge is 2.21. The Morgan fingerprint density at radius 1 is 0.968 bits per heavy atom. The monoisotopic (exact) mass is 414 g/mol. The molecule has 0 saturated carbocycles. The molecule has 0 aliphatic carbocycles. The van der Waals surface area contributed by atoms with Crippen molar-refractivity contribution in [1.29, 1.82) is 5.26 Å². The van der Waals surface area contributed by atoms with Gasteiger partial charge >= 0.3 is 5.97 Å². The molecular weight excluding hydrogens is 392 g/mol. The van der Waals surface area contributed by atoms with Crippen molar-refractivity contribution in [2.75, 3.05) is 7.11 Å². The van der Waals surface area contributed by atoms with E-state index in [4.69, 9.17) is 9.47 Å². The van der Waals surface area contributed by atoms with Gasteiger partial charge in [-0.1, -0.05) is 48.5 Å². The van der Waals surface area contributed by atoms with Crippen molar-refractivity contribution in [3.05, 3.63) is 89.5 Å². The summed E-state index contributed by atoms with van der Waals surface area (Å²) < 4.78 is 10.5. The van der Waals surface area contributed by atoms with E-state index in [9.17, 15) is 14.9 Å². The Balaban J connectivity index is 1.68. The second-order valence-corrected chi connectivity index (χ2v) is 6.82. The molecule has 0 aliphatic rings. The lowest BCUT2D eigenvalue weighted by Crippen LogP contribution is -2.35. The van der Waals surface area contributed by atoms with E-state index in [1.165, 1.54) is 6.92 Å². The summed E-state index contributed by atoms with van der Waals surface area (Å²) >= 11 is 0. The van der Waals surface area contributed by atoms with Crippen LogP contribution in [0, 0.1) is 11.3 Å². The van der Waals surface area contributed by atoms with Gasteiger partial charge < -0.3 is 14.8 Å². The van der Waals surface area contributed by atoms with Crippen LogP contribution >= 0.6 is 0 Å². The number of hydrogen-bond donors (Lipinski definition) is 1. The van der Waals surface area contributed by atoms with Gasteiger partial charge in [0, 0.05) is 12.1 Å². The zero-order valence-electron chi connectivity index (χ0n) is 17.3. The molecule has 1 atom stereocenters. The van der Waals surface area contributed by atoms with Crippen molar-refractivity contribution in [2.45, 2.75) is 19.6 Å². The minimum Gasteiger partial charge on any atom is -0.497 e. The molecule has 31 heavy (non-hydrogen) atoms. The van der Waals surface area contributed by atoms with Crippen LogP contribution in [0.4, 0.5) is 0 Å². The molecule has 0 bridgehead atoms. The molecule has 156 valence electrons. The smallest absolute Gasteiger partial charge is 0.339 e. The predicted octanol–water partition coefficient (Wildman–Crippen LogP) is 4.10. The summed E-state index contributed by atoms with van der Waals surface area (Å²) in [6.45, 7) is 1.82. The van der Waals surface area contributed by atoms with Crippen LogP contribution in [-0.4, -0.2) is 25.1 Å². The summed E-state index contributed by atoms with van der Waals surface area (Å²) in [5.74, 6) is -0.302. The zero-order valence-corrected chi connectivity index (χ0v) is 17.3. The third-order valence-corrected chi connectivity index (χ3v) is 4.76. The van der Waals surface area contributed by atoms with Gasteiger partial charge in [-0.05, 0) is 42.3 Å². The molecule has 0 radical (unpaired) electrons. The number of esters is 1. The van der Waals surface area contributed by atoms with E-state index in [1.54, 1.807) is 67.8 Å². The number of carbonyl (C=O) groups is 2. The van der Waals surface area contributed by atoms with Crippen LogP contribution in [-0.2, 0) is 16.1 Å². The van der Waals surface area contributed by atoms with Crippen molar-refractivity contribution in [2.24, 2.45) is 0 Å². The third-order valence-electron chi connectivity index (χ3n) is 4.76. The maximum absolute atomic E-state index is 12.8. The molecule has 3 aromatic carbocycles. The van der Waals surface area contributed by atoms with Crippen LogP contribution < -0.4 is 10.1 Å². The van der Waals surface area contributed by atoms with Crippen LogP contribution in [0.25, 0.3) is 11.1 Å². The number of methoxy groups -OCH3 is 1. The number of ether oxygens (including phenoxy) is 2. The first-order valence-electron chi connectivity index (χ1n) is 9.73. The molecule has 3 aromatic rings. The van der Waals surface area contributed by atoms with Crippen LogP contribution in [0.2, 0.25) is 0 Å². The Morgan fingerprint density at radius 3 is 2.29 bits per heavy atom. The fourth-order valence-electron chi connectivity index (χ4n) is 3.07. The van der Waals surface area contributed by atoms with Crippen molar-refractivity contribution >= 4 is 11.9 Å². The molecule has 1 amide bonds. The quantitative estimate of drug-likeness (QED) is 0.588. The standard InChI is InChI=1S/C25H22N2O4/c1-17(24(28)27-16-18-11-13-20(30-2)14-12-18)31-25(29)23-10-6-5-9-22(23)21-8-4-3-7-19(21)15-26/h3-14,17H,16H2,1-2H3,(H,27,28)/t17-/m1/s1. The molecule has 1 N–H and O–H groups in total. The number of nitriles is 1. The van der Waals surface area contributed by atoms with Gasteiger partial charge in [-0.25, -0.2) is 4.79 Å². The summed E-state index contributed by atoms with van der Waals surface area (Å²) in [7, 11) is 1.59. The Bertz CT molecular complexity index is 1120. The largest absolute Gasteiger partial charge is 0.497 e. The van der Waals surface area contributed by atoms with Gasteiger partial charge in [-0.2, -0.15) is 5.26 Å². The fraction of sp³-hybridized carbons (Fsp3) is 0.160. The van der Waals surface area contributed by atoms with Gasteiger partial charge in [0.1, 0.15) is 5.75 Å². The van der Waals surface area contributed by atoms with Gasteiger partial charge in [0.25, 0.3) is 5.91 Å². The van der Waals surface area contributed by atoms with Crippen LogP contribution in [0.15, 0.2) is 72.8 Å². The summed E-state index contributed by atoms with van der Waals surface area (Å²) in [4.78, 5) is 25.2. The minimum atomic E-state index is -0.981. The van der Waals surface area contributed by atoms with E-state index in [1.807, 2.05) is 12.1 Å². The van der Waals surface area contributed by atoms with E-state index in [0.29, 0.717) is 28.8 Å². The number of hydrogen-bond acceptors (Lipinski definition) is 5. The molecule has 6 heteroatoms. The molecule has 0 fully saturated rings. The highest BCUT2D eigenvalue weighted by Crippen LogP contribution is 2.27. The van der Waals surface area contributed by atoms with Gasteiger partial charge in [-0.3, -0.25) is 4.79 Å². The van der Waals surface area contributed by atoms with Crippen molar-refractivity contribution in [1.82, 2.24) is 5.32 Å². The van der Waals surface area contributed by atoms with E-state index in [0.717, 1.165) is 11.3 Å². The molecule has 6 nitrogen and oxygen atoms in total. The average molecular weight is 414 g/mol. The SMILES string of the molecule is COc1ccc(CNC(=O)[C@@H](C)OC(=O)c2ccccc2-c2ccccc2C#N)cc1. The molecule has 0 aromatic heterocycles. The highest BCUT2D eigenvalue weighted by molar-refractivity contribution is 5.99. The van der Waals surface area contributed by atoms with Crippen LogP contribution in [0.3, 0.4) is 0 Å². The average Bonchev–Trinajstić information content (AvgIpc) is 2.82. The van der Waals surface area contributed by atoms with Crippen molar-refractivity contribution in [3.8, 4) is 22.9 Å². The molecule has 0 spiro atoms. The first-order valence-corrected chi connectivity index (χ1v) is 9.73. The molecule has 3 rings (SSSR count). The molecule has 0 aliphatic heterocycles. The molecule has 0 unspecified atom stereocenters. The van der Waals surface area contributed by atoms with Gasteiger partial charge in [-0.15, -0.1) is 0 Å². The number of rotatable bonds is 7. The summed E-state index contributed by atoms with van der Waals surface area (Å²) in [6.07, 6.45) is -0.981. The second kappa shape index (κ2) is 10.1. The Labute approximate surface area is 181 Å². The third kappa shape index (κ3) is 5.28. The molecule has 0 heterocycles. The second-order valence-electron chi connectivity index (χ2n) is 6.82. The Morgan fingerprint density at radius 2 is 1.61 bits per heavy atom. The fourth-order valence-corrected chi connectivity index (χ4v) is 3.07. The summed E-state index contributed by atoms with van der Waals surface area (Å²) in [5, 5.41) is 12.1. The summed E-state index contributed by atoms with van der Waals surface area (Å²) in [5.41, 5.74) is 2.85. The van der Waals surface area contributed by atoms with E-state index < -0.39 is 18.0 Å². The predicted molar refractivity (Wildman–Crippen MR) is 116 cm³/mol. The minimum absolute atomic E-state index is 0.292. The lowest BCUT2D eigenvalue weighted by Gasteiger charge is -2.15. The molecular formula is C25H22N2O4. The Kier molecular flexibility index (Phi) is 7.02. The van der Waals surface area contributed by atoms with Gasteiger partial charge in [0.15, 0.2) is 6.10 Å². The first kappa shape index (κ1) is 21.6. The Hall–Kier alpha value is -4.11. The van der Waals surface area contributed by atoms with Crippen molar-refractivity contribution < 1.29 is 19.1 Å². The van der Waals surface area contributed by atoms with Gasteiger partial charge in [0.05, 0.1) is 24.3 Å². The van der Waals surface area contributed by atoms with Crippen LogP contribution in [0.5, 0.6) is 5.75 Å². The van der Waals surface area contributed by atoms with E-state index in [2.05, 4.69) is 11.4 Å². The molecule has 0 saturated heterocycles. The van der Waals surface area contributed by atoms with Crippen LogP contribution in [0.1, 0.15) is 28.4 Å². The van der Waals surface area contributed by atoms with E-state index >= 15 is 0 Å². The van der Waals surface area contributed by atoms with Crippen molar-refractivity contribution in [3.63, 3.8) is 0 Å². The number of benzene rings is 3. The zero-order chi connectivity index (χ0) is 22.2. The number of carbonyl (C=O) groups excluding carboxylic acids is 2. The first-order chi connectivity index (χ1) is 15.0. The summed E-state index contributed by atoms with van der Waals surface area (Å²) in [6, 6.07) is 23.3. The number of amides is 1. The van der Waals surface area contributed by atoms with Gasteiger partial charge in [0.2, 0.25) is 0 Å². The normalized spacial score (nSPS) is 11.1. The number of nitrogens with zero attached hydrogens (tertiary/aromatic N) is 1.